The van der Waals surface area contributed by atoms with E-state index in [0.29, 0.717) is 11.3 Å². The van der Waals surface area contributed by atoms with Crippen molar-refractivity contribution in [3.05, 3.63) is 29.8 Å². The van der Waals surface area contributed by atoms with Crippen LogP contribution >= 0.6 is 0 Å². The molecule has 0 aromatic heterocycles. The Kier molecular flexibility index (Phi) is 6.76. The summed E-state index contributed by atoms with van der Waals surface area (Å²) >= 11 is 0. The van der Waals surface area contributed by atoms with E-state index in [9.17, 15) is 14.4 Å². The average molecular weight is 337 g/mol. The van der Waals surface area contributed by atoms with Gasteiger partial charge in [0.25, 0.3) is 0 Å². The fourth-order valence-corrected chi connectivity index (χ4v) is 1.96. The number of ether oxygens (including phenoxy) is 2. The van der Waals surface area contributed by atoms with Crippen LogP contribution in [0.4, 0.5) is 0 Å². The molecule has 1 aromatic carbocycles. The van der Waals surface area contributed by atoms with E-state index in [0.717, 1.165) is 0 Å². The van der Waals surface area contributed by atoms with Crippen molar-refractivity contribution in [2.24, 2.45) is 0 Å². The van der Waals surface area contributed by atoms with Crippen LogP contribution in [0.1, 0.15) is 33.3 Å². The third kappa shape index (κ3) is 7.62. The second kappa shape index (κ2) is 8.33. The molecule has 0 aliphatic heterocycles. The fraction of sp³-hybridized carbons (Fsp3) is 0.471. The molecule has 0 radical (unpaired) electrons. The zero-order valence-electron chi connectivity index (χ0n) is 14.3. The molecule has 1 amide bonds. The number of carboxylic acid groups (broad SMARTS) is 1. The second-order valence-electron chi connectivity index (χ2n) is 6.32. The van der Waals surface area contributed by atoms with Gasteiger partial charge in [-0.1, -0.05) is 12.1 Å². The third-order valence-corrected chi connectivity index (χ3v) is 2.79. The molecule has 7 nitrogen and oxygen atoms in total. The Morgan fingerprint density at radius 1 is 1.25 bits per heavy atom. The summed E-state index contributed by atoms with van der Waals surface area (Å²) in [6.45, 7) is 6.31. The molecule has 0 aliphatic rings. The van der Waals surface area contributed by atoms with Gasteiger partial charge in [0.2, 0.25) is 5.91 Å². The Balaban J connectivity index is 2.67. The number of carboxylic acids is 1. The molecular formula is C17H23NO6. The lowest BCUT2D eigenvalue weighted by Gasteiger charge is -2.19. The van der Waals surface area contributed by atoms with E-state index in [1.807, 2.05) is 0 Å². The van der Waals surface area contributed by atoms with Gasteiger partial charge in [0, 0.05) is 13.3 Å². The zero-order valence-corrected chi connectivity index (χ0v) is 14.3. The molecule has 0 saturated heterocycles. The van der Waals surface area contributed by atoms with Crippen molar-refractivity contribution in [3.63, 3.8) is 0 Å². The first kappa shape index (κ1) is 19.5. The standard InChI is InChI=1S/C17H23NO6/c1-11(19)18-14(16(21)22)9-12-6-5-7-13(8-12)23-10-15(20)24-17(2,3)4/h5-8,14H,9-10H2,1-4H3,(H,18,19)(H,21,22). The molecule has 1 atom stereocenters. The summed E-state index contributed by atoms with van der Waals surface area (Å²) in [4.78, 5) is 33.9. The molecule has 0 bridgehead atoms. The lowest BCUT2D eigenvalue weighted by molar-refractivity contribution is -0.157. The Bertz CT molecular complexity index is 605. The highest BCUT2D eigenvalue weighted by atomic mass is 16.6. The van der Waals surface area contributed by atoms with Crippen molar-refractivity contribution in [1.82, 2.24) is 5.32 Å². The van der Waals surface area contributed by atoms with Crippen molar-refractivity contribution in [2.75, 3.05) is 6.61 Å². The summed E-state index contributed by atoms with van der Waals surface area (Å²) in [5.74, 6) is -1.61. The van der Waals surface area contributed by atoms with Crippen LogP contribution in [0.5, 0.6) is 5.75 Å². The Morgan fingerprint density at radius 2 is 1.92 bits per heavy atom. The molecule has 7 heteroatoms. The molecule has 1 aromatic rings. The van der Waals surface area contributed by atoms with E-state index >= 15 is 0 Å². The number of amides is 1. The summed E-state index contributed by atoms with van der Waals surface area (Å²) in [6.07, 6.45) is 0.110. The summed E-state index contributed by atoms with van der Waals surface area (Å²) in [5.41, 5.74) is 0.0767. The first-order valence-corrected chi connectivity index (χ1v) is 7.50. The number of hydrogen-bond donors (Lipinski definition) is 2. The lowest BCUT2D eigenvalue weighted by Crippen LogP contribution is -2.41. The molecule has 0 fully saturated rings. The number of rotatable bonds is 7. The van der Waals surface area contributed by atoms with Crippen molar-refractivity contribution in [2.45, 2.75) is 45.8 Å². The van der Waals surface area contributed by atoms with Crippen molar-refractivity contribution < 1.29 is 29.0 Å². The predicted molar refractivity (Wildman–Crippen MR) is 86.7 cm³/mol. The molecule has 132 valence electrons. The lowest BCUT2D eigenvalue weighted by atomic mass is 10.1. The van der Waals surface area contributed by atoms with Gasteiger partial charge in [-0.2, -0.15) is 0 Å². The minimum atomic E-state index is -1.12. The van der Waals surface area contributed by atoms with E-state index in [-0.39, 0.29) is 13.0 Å². The van der Waals surface area contributed by atoms with Crippen LogP contribution in [0.15, 0.2) is 24.3 Å². The minimum absolute atomic E-state index is 0.110. The molecule has 24 heavy (non-hydrogen) atoms. The number of nitrogens with one attached hydrogen (secondary N) is 1. The van der Waals surface area contributed by atoms with Gasteiger partial charge in [-0.05, 0) is 38.5 Å². The van der Waals surface area contributed by atoms with Crippen LogP contribution in [0, 0.1) is 0 Å². The highest BCUT2D eigenvalue weighted by Gasteiger charge is 2.19. The largest absolute Gasteiger partial charge is 0.482 e. The van der Waals surface area contributed by atoms with E-state index in [1.165, 1.54) is 6.92 Å². The monoisotopic (exact) mass is 337 g/mol. The van der Waals surface area contributed by atoms with E-state index in [4.69, 9.17) is 14.6 Å². The van der Waals surface area contributed by atoms with E-state index < -0.39 is 29.5 Å². The predicted octanol–water partition coefficient (Wildman–Crippen LogP) is 1.54. The average Bonchev–Trinajstić information content (AvgIpc) is 2.42. The maximum Gasteiger partial charge on any atom is 0.344 e. The Morgan fingerprint density at radius 3 is 2.46 bits per heavy atom. The summed E-state index contributed by atoms with van der Waals surface area (Å²) in [6, 6.07) is 5.66. The molecule has 0 heterocycles. The number of carbonyl (C=O) groups excluding carboxylic acids is 2. The smallest absolute Gasteiger partial charge is 0.344 e. The topological polar surface area (TPSA) is 102 Å². The van der Waals surface area contributed by atoms with Gasteiger partial charge >= 0.3 is 11.9 Å². The third-order valence-electron chi connectivity index (χ3n) is 2.79. The summed E-state index contributed by atoms with van der Waals surface area (Å²) in [7, 11) is 0. The van der Waals surface area contributed by atoms with Gasteiger partial charge in [0.15, 0.2) is 6.61 Å². The summed E-state index contributed by atoms with van der Waals surface area (Å²) < 4.78 is 10.5. The molecule has 0 spiro atoms. The van der Waals surface area contributed by atoms with Crippen LogP contribution in [-0.2, 0) is 25.5 Å². The second-order valence-corrected chi connectivity index (χ2v) is 6.32. The van der Waals surface area contributed by atoms with Crippen LogP contribution < -0.4 is 10.1 Å². The Hall–Kier alpha value is -2.57. The van der Waals surface area contributed by atoms with E-state index in [1.54, 1.807) is 45.0 Å². The maximum absolute atomic E-state index is 11.6. The molecule has 0 saturated carbocycles. The molecule has 1 unspecified atom stereocenters. The highest BCUT2D eigenvalue weighted by molar-refractivity contribution is 5.82. The number of aliphatic carboxylic acids is 1. The van der Waals surface area contributed by atoms with Crippen LogP contribution in [0.3, 0.4) is 0 Å². The van der Waals surface area contributed by atoms with E-state index in [2.05, 4.69) is 5.32 Å². The van der Waals surface area contributed by atoms with Gasteiger partial charge in [-0.15, -0.1) is 0 Å². The van der Waals surface area contributed by atoms with Gasteiger partial charge in [-0.3, -0.25) is 4.79 Å². The minimum Gasteiger partial charge on any atom is -0.482 e. The van der Waals surface area contributed by atoms with Gasteiger partial charge in [-0.25, -0.2) is 9.59 Å². The number of esters is 1. The van der Waals surface area contributed by atoms with Crippen LogP contribution in [-0.4, -0.2) is 41.2 Å². The maximum atomic E-state index is 11.6. The Labute approximate surface area is 141 Å². The quantitative estimate of drug-likeness (QED) is 0.732. The molecule has 2 N–H and O–H groups in total. The number of benzene rings is 1. The van der Waals surface area contributed by atoms with Crippen molar-refractivity contribution >= 4 is 17.8 Å². The zero-order chi connectivity index (χ0) is 18.3. The fourth-order valence-electron chi connectivity index (χ4n) is 1.96. The first-order chi connectivity index (χ1) is 11.1. The molecule has 1 rings (SSSR count). The molecule has 0 aliphatic carbocycles. The number of carbonyl (C=O) groups is 3. The van der Waals surface area contributed by atoms with Crippen molar-refractivity contribution in [1.29, 1.82) is 0 Å². The van der Waals surface area contributed by atoms with Gasteiger partial charge in [0.05, 0.1) is 0 Å². The SMILES string of the molecule is CC(=O)NC(Cc1cccc(OCC(=O)OC(C)(C)C)c1)C(=O)O. The first-order valence-electron chi connectivity index (χ1n) is 7.50. The van der Waals surface area contributed by atoms with Gasteiger partial charge in [0.1, 0.15) is 17.4 Å². The highest BCUT2D eigenvalue weighted by Crippen LogP contribution is 2.15. The van der Waals surface area contributed by atoms with Crippen LogP contribution in [0.25, 0.3) is 0 Å². The summed E-state index contributed by atoms with van der Waals surface area (Å²) in [5, 5.41) is 11.5. The normalized spacial score (nSPS) is 12.2. The number of hydrogen-bond acceptors (Lipinski definition) is 5. The molecular weight excluding hydrogens is 314 g/mol. The van der Waals surface area contributed by atoms with Crippen LogP contribution in [0.2, 0.25) is 0 Å². The van der Waals surface area contributed by atoms with Gasteiger partial charge < -0.3 is 19.9 Å². The van der Waals surface area contributed by atoms with Crippen molar-refractivity contribution in [3.8, 4) is 5.75 Å².